The molecule has 1 saturated heterocycles. The van der Waals surface area contributed by atoms with E-state index in [1.807, 2.05) is 62.9 Å². The summed E-state index contributed by atoms with van der Waals surface area (Å²) < 4.78 is 5.78. The fourth-order valence-electron chi connectivity index (χ4n) is 3.84. The number of hydrogen-bond acceptors (Lipinski definition) is 5. The Labute approximate surface area is 172 Å². The Morgan fingerprint density at radius 1 is 1.24 bits per heavy atom. The minimum absolute atomic E-state index is 0.175. The normalized spacial score (nSPS) is 19.5. The van der Waals surface area contributed by atoms with E-state index < -0.39 is 5.60 Å². The van der Waals surface area contributed by atoms with E-state index in [-0.39, 0.29) is 24.6 Å². The molecule has 1 aliphatic heterocycles. The number of aryl methyl sites for hydroxylation is 1. The maximum atomic E-state index is 13.3. The van der Waals surface area contributed by atoms with E-state index in [0.717, 1.165) is 36.2 Å². The molecule has 6 heteroatoms. The fourth-order valence-corrected chi connectivity index (χ4v) is 3.84. The molecular formula is C23H28N4O2. The Bertz CT molecular complexity index is 914. The maximum Gasteiger partial charge on any atom is 0.411 e. The maximum absolute atomic E-state index is 13.3. The Morgan fingerprint density at radius 3 is 2.69 bits per heavy atom. The number of aromatic nitrogens is 2. The number of carbonyl (C=O) groups excluding carboxylic acids is 1. The molecule has 2 aromatic heterocycles. The number of nitrogens with zero attached hydrogens (tertiary/aromatic N) is 4. The van der Waals surface area contributed by atoms with Crippen LogP contribution in [0.25, 0.3) is 0 Å². The quantitative estimate of drug-likeness (QED) is 0.730. The van der Waals surface area contributed by atoms with Crippen molar-refractivity contribution in [2.75, 3.05) is 0 Å². The van der Waals surface area contributed by atoms with Gasteiger partial charge in [-0.05, 0) is 70.7 Å². The number of hydrogen-bond donors (Lipinski definition) is 0. The van der Waals surface area contributed by atoms with Gasteiger partial charge in [0, 0.05) is 6.20 Å². The topological polar surface area (TPSA) is 79.1 Å². The second kappa shape index (κ2) is 8.60. The van der Waals surface area contributed by atoms with Crippen LogP contribution in [0.5, 0.6) is 0 Å². The second-order valence-corrected chi connectivity index (χ2v) is 8.44. The minimum atomic E-state index is -0.598. The van der Waals surface area contributed by atoms with Crippen molar-refractivity contribution in [1.82, 2.24) is 14.9 Å². The summed E-state index contributed by atoms with van der Waals surface area (Å²) in [6.07, 6.45) is 4.23. The molecule has 0 aliphatic carbocycles. The summed E-state index contributed by atoms with van der Waals surface area (Å²) in [5.41, 5.74) is 2.86. The zero-order valence-electron chi connectivity index (χ0n) is 17.6. The van der Waals surface area contributed by atoms with Crippen LogP contribution in [-0.2, 0) is 11.2 Å². The van der Waals surface area contributed by atoms with Crippen LogP contribution in [0, 0.1) is 18.3 Å². The molecule has 0 radical (unpaired) electrons. The van der Waals surface area contributed by atoms with Crippen LogP contribution < -0.4 is 0 Å². The van der Waals surface area contributed by atoms with Crippen molar-refractivity contribution in [3.05, 3.63) is 59.2 Å². The Kier molecular flexibility index (Phi) is 6.17. The van der Waals surface area contributed by atoms with Gasteiger partial charge in [0.15, 0.2) is 0 Å². The van der Waals surface area contributed by atoms with Crippen molar-refractivity contribution in [3.8, 4) is 6.07 Å². The number of amides is 1. The average molecular weight is 393 g/mol. The van der Waals surface area contributed by atoms with E-state index in [0.29, 0.717) is 5.69 Å². The zero-order chi connectivity index (χ0) is 21.0. The van der Waals surface area contributed by atoms with Crippen LogP contribution >= 0.6 is 0 Å². The first-order valence-electron chi connectivity index (χ1n) is 10.1. The summed E-state index contributed by atoms with van der Waals surface area (Å²) in [6, 6.07) is 11.3. The summed E-state index contributed by atoms with van der Waals surface area (Å²) >= 11 is 0. The summed E-state index contributed by atoms with van der Waals surface area (Å²) in [7, 11) is 0. The van der Waals surface area contributed by atoms with Gasteiger partial charge in [0.1, 0.15) is 5.60 Å². The monoisotopic (exact) mass is 392 g/mol. The van der Waals surface area contributed by atoms with Gasteiger partial charge in [-0.2, -0.15) is 5.26 Å². The summed E-state index contributed by atoms with van der Waals surface area (Å²) in [6.45, 7) is 7.63. The molecule has 0 saturated carbocycles. The van der Waals surface area contributed by atoms with E-state index >= 15 is 0 Å². The third kappa shape index (κ3) is 4.92. The highest BCUT2D eigenvalue weighted by molar-refractivity contribution is 5.70. The molecule has 3 rings (SSSR count). The zero-order valence-corrected chi connectivity index (χ0v) is 17.6. The van der Waals surface area contributed by atoms with Crippen molar-refractivity contribution >= 4 is 6.09 Å². The van der Waals surface area contributed by atoms with Gasteiger partial charge in [0.2, 0.25) is 0 Å². The van der Waals surface area contributed by atoms with Crippen LogP contribution in [0.15, 0.2) is 36.5 Å². The van der Waals surface area contributed by atoms with E-state index in [9.17, 15) is 4.79 Å². The van der Waals surface area contributed by atoms with Crippen LogP contribution in [-0.4, -0.2) is 26.6 Å². The second-order valence-electron chi connectivity index (χ2n) is 8.44. The molecule has 0 spiro atoms. The Hall–Kier alpha value is -2.94. The molecule has 6 nitrogen and oxygen atoms in total. The standard InChI is InChI=1S/C23H28N4O2/c1-16-8-7-15-25-21(16)20-12-6-11-19(27(20)22(28)29-23(2,3)4)18-10-5-9-17(26-18)13-14-24/h5,7-10,15,19-20H,6,11-13H2,1-4H3/t19-,20+/m1/s1. The molecule has 2 aromatic rings. The largest absolute Gasteiger partial charge is 0.444 e. The summed E-state index contributed by atoms with van der Waals surface area (Å²) in [4.78, 5) is 24.4. The Balaban J connectivity index is 2.04. The number of rotatable bonds is 3. The van der Waals surface area contributed by atoms with Crippen LogP contribution in [0.1, 0.15) is 74.8 Å². The van der Waals surface area contributed by atoms with Crippen molar-refractivity contribution in [1.29, 1.82) is 5.26 Å². The van der Waals surface area contributed by atoms with Gasteiger partial charge in [0.25, 0.3) is 0 Å². The fraction of sp³-hybridized carbons (Fsp3) is 0.478. The molecule has 3 heterocycles. The van der Waals surface area contributed by atoms with Gasteiger partial charge < -0.3 is 4.74 Å². The van der Waals surface area contributed by atoms with E-state index in [1.165, 1.54) is 0 Å². The molecule has 2 atom stereocenters. The molecule has 1 aliphatic rings. The molecule has 29 heavy (non-hydrogen) atoms. The SMILES string of the molecule is Cc1cccnc1[C@@H]1CCC[C@H](c2cccc(CC#N)n2)N1C(=O)OC(C)(C)C. The van der Waals surface area contributed by atoms with Crippen molar-refractivity contribution < 1.29 is 9.53 Å². The first-order valence-corrected chi connectivity index (χ1v) is 10.1. The molecule has 1 fully saturated rings. The molecular weight excluding hydrogens is 364 g/mol. The molecule has 0 bridgehead atoms. The smallest absolute Gasteiger partial charge is 0.411 e. The van der Waals surface area contributed by atoms with Gasteiger partial charge in [-0.3, -0.25) is 14.9 Å². The summed E-state index contributed by atoms with van der Waals surface area (Å²) in [5, 5.41) is 9.03. The third-order valence-corrected chi connectivity index (χ3v) is 5.03. The van der Waals surface area contributed by atoms with E-state index in [1.54, 1.807) is 6.20 Å². The molecule has 152 valence electrons. The van der Waals surface area contributed by atoms with Crippen LogP contribution in [0.4, 0.5) is 4.79 Å². The minimum Gasteiger partial charge on any atom is -0.444 e. The predicted octanol–water partition coefficient (Wildman–Crippen LogP) is 5.05. The number of ether oxygens (including phenoxy) is 1. The lowest BCUT2D eigenvalue weighted by Crippen LogP contribution is -2.44. The van der Waals surface area contributed by atoms with Gasteiger partial charge >= 0.3 is 6.09 Å². The average Bonchev–Trinajstić information content (AvgIpc) is 2.67. The van der Waals surface area contributed by atoms with Gasteiger partial charge in [-0.15, -0.1) is 0 Å². The van der Waals surface area contributed by atoms with Crippen molar-refractivity contribution in [3.63, 3.8) is 0 Å². The first kappa shape index (κ1) is 20.8. The molecule has 0 aromatic carbocycles. The first-order chi connectivity index (χ1) is 13.8. The number of carbonyl (C=O) groups is 1. The highest BCUT2D eigenvalue weighted by Gasteiger charge is 2.40. The Morgan fingerprint density at radius 2 is 2.00 bits per heavy atom. The number of likely N-dealkylation sites (tertiary alicyclic amines) is 1. The number of nitriles is 1. The molecule has 1 amide bonds. The van der Waals surface area contributed by atoms with E-state index in [4.69, 9.17) is 10.00 Å². The van der Waals surface area contributed by atoms with Crippen LogP contribution in [0.3, 0.4) is 0 Å². The summed E-state index contributed by atoms with van der Waals surface area (Å²) in [5.74, 6) is 0. The molecule has 0 unspecified atom stereocenters. The third-order valence-electron chi connectivity index (χ3n) is 5.03. The number of pyridine rings is 2. The lowest BCUT2D eigenvalue weighted by molar-refractivity contribution is -0.00805. The number of piperidine rings is 1. The van der Waals surface area contributed by atoms with Gasteiger partial charge in [0.05, 0.1) is 41.7 Å². The highest BCUT2D eigenvalue weighted by Crippen LogP contribution is 2.42. The van der Waals surface area contributed by atoms with Crippen molar-refractivity contribution in [2.24, 2.45) is 0 Å². The van der Waals surface area contributed by atoms with Gasteiger partial charge in [-0.25, -0.2) is 4.79 Å². The predicted molar refractivity (Wildman–Crippen MR) is 110 cm³/mol. The highest BCUT2D eigenvalue weighted by atomic mass is 16.6. The molecule has 0 N–H and O–H groups in total. The lowest BCUT2D eigenvalue weighted by atomic mass is 9.90. The van der Waals surface area contributed by atoms with Crippen molar-refractivity contribution in [2.45, 2.75) is 71.1 Å². The van der Waals surface area contributed by atoms with Crippen LogP contribution in [0.2, 0.25) is 0 Å². The van der Waals surface area contributed by atoms with Gasteiger partial charge in [-0.1, -0.05) is 12.1 Å². The van der Waals surface area contributed by atoms with E-state index in [2.05, 4.69) is 16.0 Å². The lowest BCUT2D eigenvalue weighted by Gasteiger charge is -2.42.